The summed E-state index contributed by atoms with van der Waals surface area (Å²) >= 11 is 0. The van der Waals surface area contributed by atoms with Crippen LogP contribution in [0.1, 0.15) is 23.7 Å². The normalized spacial score (nSPS) is 16.4. The highest BCUT2D eigenvalue weighted by atomic mass is 16.5. The summed E-state index contributed by atoms with van der Waals surface area (Å²) in [5.41, 5.74) is 1.15. The van der Waals surface area contributed by atoms with Crippen LogP contribution in [0.4, 0.5) is 5.69 Å². The Labute approximate surface area is 162 Å². The van der Waals surface area contributed by atoms with Crippen molar-refractivity contribution in [3.63, 3.8) is 0 Å². The molecule has 0 spiro atoms. The first kappa shape index (κ1) is 17.9. The quantitative estimate of drug-likeness (QED) is 0.394. The van der Waals surface area contributed by atoms with E-state index in [1.165, 1.54) is 6.92 Å². The van der Waals surface area contributed by atoms with Crippen molar-refractivity contribution in [2.24, 2.45) is 5.92 Å². The molecule has 1 amide bonds. The van der Waals surface area contributed by atoms with Crippen LogP contribution in [0.25, 0.3) is 10.8 Å². The number of carbonyl (C=O) groups is 3. The molecule has 1 heterocycles. The first-order valence-corrected chi connectivity index (χ1v) is 9.14. The molecule has 5 heteroatoms. The SMILES string of the molecule is CC(=O)c1ccccc1OC(=O)[C@H]1CC(=O)N(c2cccc3ccccc23)C1. The number of fused-ring (bicyclic) bond motifs is 1. The standard InChI is InChI=1S/C23H19NO4/c1-15(25)18-9-4-5-12-21(18)28-23(27)17-13-22(26)24(14-17)20-11-6-8-16-7-2-3-10-19(16)20/h2-12,17H,13-14H2,1H3/t17-/m0/s1. The highest BCUT2D eigenvalue weighted by Gasteiger charge is 2.37. The number of hydrogen-bond donors (Lipinski definition) is 0. The molecule has 0 saturated carbocycles. The molecule has 0 N–H and O–H groups in total. The second kappa shape index (κ2) is 7.27. The Balaban J connectivity index is 1.57. The number of esters is 1. The average molecular weight is 373 g/mol. The van der Waals surface area contributed by atoms with Crippen LogP contribution >= 0.6 is 0 Å². The van der Waals surface area contributed by atoms with Crippen LogP contribution in [0.2, 0.25) is 0 Å². The summed E-state index contributed by atoms with van der Waals surface area (Å²) in [5, 5.41) is 2.00. The van der Waals surface area contributed by atoms with Gasteiger partial charge in [-0.3, -0.25) is 14.4 Å². The minimum Gasteiger partial charge on any atom is -0.425 e. The maximum atomic E-state index is 12.7. The molecule has 1 atom stereocenters. The lowest BCUT2D eigenvalue weighted by atomic mass is 10.1. The Morgan fingerprint density at radius 2 is 1.68 bits per heavy atom. The number of anilines is 1. The van der Waals surface area contributed by atoms with E-state index in [1.807, 2.05) is 42.5 Å². The molecule has 28 heavy (non-hydrogen) atoms. The van der Waals surface area contributed by atoms with Crippen molar-refractivity contribution in [2.45, 2.75) is 13.3 Å². The van der Waals surface area contributed by atoms with Gasteiger partial charge in [-0.2, -0.15) is 0 Å². The lowest BCUT2D eigenvalue weighted by Gasteiger charge is -2.19. The number of benzene rings is 3. The van der Waals surface area contributed by atoms with Gasteiger partial charge in [0, 0.05) is 18.4 Å². The zero-order chi connectivity index (χ0) is 19.7. The van der Waals surface area contributed by atoms with Crippen molar-refractivity contribution >= 4 is 34.1 Å². The topological polar surface area (TPSA) is 63.7 Å². The Bertz CT molecular complexity index is 1080. The third kappa shape index (κ3) is 3.27. The van der Waals surface area contributed by atoms with Crippen molar-refractivity contribution in [3.8, 4) is 5.75 Å². The van der Waals surface area contributed by atoms with Crippen LogP contribution in [0, 0.1) is 5.92 Å². The van der Waals surface area contributed by atoms with Crippen molar-refractivity contribution in [3.05, 3.63) is 72.3 Å². The fourth-order valence-corrected chi connectivity index (χ4v) is 3.58. The Hall–Kier alpha value is -3.47. The first-order chi connectivity index (χ1) is 13.5. The molecule has 0 bridgehead atoms. The number of Topliss-reactive ketones (excluding diaryl/α,β-unsaturated/α-hetero) is 1. The minimum atomic E-state index is -0.577. The van der Waals surface area contributed by atoms with Crippen molar-refractivity contribution in [1.29, 1.82) is 0 Å². The largest absolute Gasteiger partial charge is 0.425 e. The zero-order valence-corrected chi connectivity index (χ0v) is 15.4. The van der Waals surface area contributed by atoms with Gasteiger partial charge in [-0.15, -0.1) is 0 Å². The third-order valence-electron chi connectivity index (χ3n) is 4.99. The second-order valence-electron chi connectivity index (χ2n) is 6.88. The number of carbonyl (C=O) groups excluding carboxylic acids is 3. The molecular weight excluding hydrogens is 354 g/mol. The molecular formula is C23H19NO4. The van der Waals surface area contributed by atoms with Crippen LogP contribution in [0.5, 0.6) is 5.75 Å². The Morgan fingerprint density at radius 3 is 2.50 bits per heavy atom. The lowest BCUT2D eigenvalue weighted by molar-refractivity contribution is -0.139. The van der Waals surface area contributed by atoms with Gasteiger partial charge in [-0.25, -0.2) is 0 Å². The summed E-state index contributed by atoms with van der Waals surface area (Å²) in [4.78, 5) is 38.7. The number of nitrogens with zero attached hydrogens (tertiary/aromatic N) is 1. The first-order valence-electron chi connectivity index (χ1n) is 9.14. The third-order valence-corrected chi connectivity index (χ3v) is 4.99. The summed E-state index contributed by atoms with van der Waals surface area (Å²) in [6.45, 7) is 1.68. The summed E-state index contributed by atoms with van der Waals surface area (Å²) in [6, 6.07) is 20.2. The predicted molar refractivity (Wildman–Crippen MR) is 106 cm³/mol. The molecule has 3 aromatic carbocycles. The Morgan fingerprint density at radius 1 is 0.964 bits per heavy atom. The highest BCUT2D eigenvalue weighted by molar-refractivity contribution is 6.07. The van der Waals surface area contributed by atoms with Gasteiger partial charge in [0.05, 0.1) is 17.2 Å². The van der Waals surface area contributed by atoms with Crippen molar-refractivity contribution in [2.75, 3.05) is 11.4 Å². The number of para-hydroxylation sites is 1. The summed E-state index contributed by atoms with van der Waals surface area (Å²) in [5.74, 6) is -1.13. The maximum absolute atomic E-state index is 12.7. The highest BCUT2D eigenvalue weighted by Crippen LogP contribution is 2.32. The fourth-order valence-electron chi connectivity index (χ4n) is 3.58. The van der Waals surface area contributed by atoms with Crippen LogP contribution < -0.4 is 9.64 Å². The van der Waals surface area contributed by atoms with Gasteiger partial charge in [-0.05, 0) is 30.5 Å². The second-order valence-corrected chi connectivity index (χ2v) is 6.88. The molecule has 4 rings (SSSR count). The predicted octanol–water partition coefficient (Wildman–Crippen LogP) is 4.00. The van der Waals surface area contributed by atoms with E-state index in [-0.39, 0.29) is 30.4 Å². The van der Waals surface area contributed by atoms with Crippen LogP contribution in [0.3, 0.4) is 0 Å². The molecule has 1 saturated heterocycles. The van der Waals surface area contributed by atoms with E-state index in [0.29, 0.717) is 5.56 Å². The van der Waals surface area contributed by atoms with Crippen LogP contribution in [-0.2, 0) is 9.59 Å². The molecule has 140 valence electrons. The molecule has 0 aliphatic carbocycles. The number of ether oxygens (including phenoxy) is 1. The number of rotatable bonds is 4. The molecule has 0 radical (unpaired) electrons. The van der Waals surface area contributed by atoms with Crippen LogP contribution in [-0.4, -0.2) is 24.2 Å². The van der Waals surface area contributed by atoms with E-state index < -0.39 is 11.9 Å². The number of amides is 1. The average Bonchev–Trinajstić information content (AvgIpc) is 3.09. The minimum absolute atomic E-state index is 0.0876. The lowest BCUT2D eigenvalue weighted by Crippen LogP contribution is -2.27. The van der Waals surface area contributed by atoms with Gasteiger partial charge in [0.2, 0.25) is 5.91 Å². The molecule has 3 aromatic rings. The smallest absolute Gasteiger partial charge is 0.316 e. The molecule has 5 nitrogen and oxygen atoms in total. The van der Waals surface area contributed by atoms with Gasteiger partial charge in [-0.1, -0.05) is 48.5 Å². The van der Waals surface area contributed by atoms with E-state index in [2.05, 4.69) is 0 Å². The van der Waals surface area contributed by atoms with Crippen molar-refractivity contribution in [1.82, 2.24) is 0 Å². The fraction of sp³-hybridized carbons (Fsp3) is 0.174. The number of ketones is 1. The zero-order valence-electron chi connectivity index (χ0n) is 15.4. The van der Waals surface area contributed by atoms with E-state index >= 15 is 0 Å². The van der Waals surface area contributed by atoms with Gasteiger partial charge < -0.3 is 9.64 Å². The van der Waals surface area contributed by atoms with E-state index in [4.69, 9.17) is 4.74 Å². The number of hydrogen-bond acceptors (Lipinski definition) is 4. The van der Waals surface area contributed by atoms with E-state index in [9.17, 15) is 14.4 Å². The van der Waals surface area contributed by atoms with Gasteiger partial charge in [0.15, 0.2) is 5.78 Å². The monoisotopic (exact) mass is 373 g/mol. The summed E-state index contributed by atoms with van der Waals surface area (Å²) in [7, 11) is 0. The maximum Gasteiger partial charge on any atom is 0.316 e. The van der Waals surface area contributed by atoms with E-state index in [0.717, 1.165) is 16.5 Å². The summed E-state index contributed by atoms with van der Waals surface area (Å²) < 4.78 is 5.47. The molecule has 1 aliphatic rings. The molecule has 0 unspecified atom stereocenters. The Kier molecular flexibility index (Phi) is 4.65. The molecule has 1 fully saturated rings. The van der Waals surface area contributed by atoms with Gasteiger partial charge in [0.25, 0.3) is 0 Å². The van der Waals surface area contributed by atoms with Crippen molar-refractivity contribution < 1.29 is 19.1 Å². The van der Waals surface area contributed by atoms with Crippen LogP contribution in [0.15, 0.2) is 66.7 Å². The summed E-state index contributed by atoms with van der Waals surface area (Å²) in [6.07, 6.45) is 0.0876. The van der Waals surface area contributed by atoms with E-state index in [1.54, 1.807) is 29.2 Å². The van der Waals surface area contributed by atoms with Gasteiger partial charge >= 0.3 is 5.97 Å². The molecule has 1 aliphatic heterocycles. The molecule has 0 aromatic heterocycles. The van der Waals surface area contributed by atoms with Gasteiger partial charge in [0.1, 0.15) is 5.75 Å².